The minimum absolute atomic E-state index is 0.149. The fourth-order valence-electron chi connectivity index (χ4n) is 2.99. The number of ether oxygens (including phenoxy) is 2. The number of hydrogen-bond donors (Lipinski definition) is 1. The predicted molar refractivity (Wildman–Crippen MR) is 94.0 cm³/mol. The summed E-state index contributed by atoms with van der Waals surface area (Å²) in [6, 6.07) is 6.74. The number of fused-ring (bicyclic) bond motifs is 1. The molecule has 1 aliphatic rings. The first-order valence-corrected chi connectivity index (χ1v) is 8.60. The number of carbonyl (C=O) groups is 1. The van der Waals surface area contributed by atoms with Crippen LogP contribution in [0, 0.1) is 0 Å². The van der Waals surface area contributed by atoms with Crippen LogP contribution in [0.2, 0.25) is 0 Å². The van der Waals surface area contributed by atoms with Crippen molar-refractivity contribution in [1.82, 2.24) is 9.88 Å². The number of aromatic nitrogens is 1. The first kappa shape index (κ1) is 16.4. The molecule has 0 radical (unpaired) electrons. The van der Waals surface area contributed by atoms with E-state index in [-0.39, 0.29) is 16.8 Å². The van der Waals surface area contributed by atoms with E-state index in [4.69, 9.17) is 9.47 Å². The van der Waals surface area contributed by atoms with E-state index in [0.717, 1.165) is 11.1 Å². The molecule has 0 aliphatic carbocycles. The van der Waals surface area contributed by atoms with E-state index in [1.165, 1.54) is 6.07 Å². The van der Waals surface area contributed by atoms with E-state index in [1.54, 1.807) is 50.1 Å². The highest BCUT2D eigenvalue weighted by Gasteiger charge is 2.37. The predicted octanol–water partition coefficient (Wildman–Crippen LogP) is 2.51. The summed E-state index contributed by atoms with van der Waals surface area (Å²) in [5.41, 5.74) is 2.25. The maximum atomic E-state index is 12.5. The topological polar surface area (TPSA) is 71.6 Å². The number of methoxy groups -OCH3 is 2. The van der Waals surface area contributed by atoms with Crippen LogP contribution in [0.15, 0.2) is 29.1 Å². The molecule has 2 aromatic rings. The van der Waals surface area contributed by atoms with Crippen molar-refractivity contribution in [3.8, 4) is 22.8 Å². The van der Waals surface area contributed by atoms with Crippen LogP contribution in [-0.4, -0.2) is 43.3 Å². The number of carbonyl (C=O) groups excluding carboxylic acids is 1. The van der Waals surface area contributed by atoms with Gasteiger partial charge in [0.05, 0.1) is 25.5 Å². The van der Waals surface area contributed by atoms with Crippen LogP contribution >= 0.6 is 11.8 Å². The largest absolute Gasteiger partial charge is 0.497 e. The minimum atomic E-state index is -0.315. The van der Waals surface area contributed by atoms with Crippen molar-refractivity contribution in [1.29, 1.82) is 0 Å². The Hall–Kier alpha value is -2.41. The van der Waals surface area contributed by atoms with Crippen molar-refractivity contribution in [3.63, 3.8) is 0 Å². The van der Waals surface area contributed by atoms with Crippen molar-refractivity contribution < 1.29 is 14.3 Å². The lowest BCUT2D eigenvalue weighted by atomic mass is 10.0. The molecule has 0 saturated carbocycles. The molecule has 0 bridgehead atoms. The van der Waals surface area contributed by atoms with Gasteiger partial charge in [-0.2, -0.15) is 0 Å². The highest BCUT2D eigenvalue weighted by Crippen LogP contribution is 2.45. The van der Waals surface area contributed by atoms with Gasteiger partial charge in [0.25, 0.3) is 5.91 Å². The third-order valence-electron chi connectivity index (χ3n) is 4.13. The summed E-state index contributed by atoms with van der Waals surface area (Å²) in [6.45, 7) is 0. The number of nitrogens with one attached hydrogen (secondary N) is 1. The monoisotopic (exact) mass is 346 g/mol. The average Bonchev–Trinajstić information content (AvgIpc) is 2.84. The number of thioether (sulfide) groups is 1. The van der Waals surface area contributed by atoms with Crippen molar-refractivity contribution in [2.45, 2.75) is 5.37 Å². The first-order valence-electron chi connectivity index (χ1n) is 7.31. The number of pyridine rings is 1. The molecule has 6 nitrogen and oxygen atoms in total. The van der Waals surface area contributed by atoms with Crippen LogP contribution in [0.4, 0.5) is 0 Å². The van der Waals surface area contributed by atoms with E-state index in [1.807, 2.05) is 12.3 Å². The molecular formula is C17H18N2O4S. The van der Waals surface area contributed by atoms with Crippen molar-refractivity contribution in [3.05, 3.63) is 45.7 Å². The molecular weight excluding hydrogens is 328 g/mol. The Morgan fingerprint density at radius 3 is 2.50 bits per heavy atom. The van der Waals surface area contributed by atoms with Crippen LogP contribution < -0.4 is 15.0 Å². The van der Waals surface area contributed by atoms with E-state index in [0.29, 0.717) is 22.8 Å². The lowest BCUT2D eigenvalue weighted by molar-refractivity contribution is 0.0813. The molecule has 1 amide bonds. The lowest BCUT2D eigenvalue weighted by Crippen LogP contribution is -2.21. The SMILES string of the molecule is COc1ccc(-c2[nH]c(=O)cc3c2[C@H](SC)N(C)C3=O)c(OC)c1. The summed E-state index contributed by atoms with van der Waals surface area (Å²) in [5.74, 6) is 1.07. The maximum absolute atomic E-state index is 12.5. The van der Waals surface area contributed by atoms with Gasteiger partial charge in [-0.15, -0.1) is 11.8 Å². The number of benzene rings is 1. The minimum Gasteiger partial charge on any atom is -0.497 e. The molecule has 3 rings (SSSR count). The van der Waals surface area contributed by atoms with Gasteiger partial charge in [-0.1, -0.05) is 0 Å². The van der Waals surface area contributed by atoms with Gasteiger partial charge in [0.15, 0.2) is 0 Å². The van der Waals surface area contributed by atoms with E-state index < -0.39 is 0 Å². The number of amides is 1. The van der Waals surface area contributed by atoms with Gasteiger partial charge in [-0.3, -0.25) is 9.59 Å². The number of nitrogens with zero attached hydrogens (tertiary/aromatic N) is 1. The summed E-state index contributed by atoms with van der Waals surface area (Å²) in [4.78, 5) is 29.1. The molecule has 0 spiro atoms. The van der Waals surface area contributed by atoms with Gasteiger partial charge in [0, 0.05) is 30.3 Å². The Balaban J connectivity index is 2.30. The second-order valence-electron chi connectivity index (χ2n) is 5.41. The molecule has 1 aliphatic heterocycles. The van der Waals surface area contributed by atoms with Crippen LogP contribution in [0.1, 0.15) is 21.3 Å². The van der Waals surface area contributed by atoms with Gasteiger partial charge in [0.1, 0.15) is 16.9 Å². The highest BCUT2D eigenvalue weighted by molar-refractivity contribution is 7.98. The molecule has 7 heteroatoms. The summed E-state index contributed by atoms with van der Waals surface area (Å²) in [6.07, 6.45) is 1.93. The Labute approximate surface area is 143 Å². The number of rotatable bonds is 4. The number of hydrogen-bond acceptors (Lipinski definition) is 5. The van der Waals surface area contributed by atoms with Gasteiger partial charge in [0.2, 0.25) is 5.56 Å². The standard InChI is InChI=1S/C17H18N2O4S/c1-19-16(21)11-8-13(20)18-15(14(11)17(19)24-4)10-6-5-9(22-2)7-12(10)23-3/h5-8,17H,1-4H3,(H,18,20)/t17-/m0/s1. The number of aromatic amines is 1. The zero-order valence-electron chi connectivity index (χ0n) is 13.9. The van der Waals surface area contributed by atoms with Crippen LogP contribution in [0.3, 0.4) is 0 Å². The van der Waals surface area contributed by atoms with Crippen LogP contribution in [0.25, 0.3) is 11.3 Å². The van der Waals surface area contributed by atoms with Crippen molar-refractivity contribution in [2.75, 3.05) is 27.5 Å². The smallest absolute Gasteiger partial charge is 0.255 e. The fourth-order valence-corrected chi connectivity index (χ4v) is 3.88. The molecule has 0 unspecified atom stereocenters. The first-order chi connectivity index (χ1) is 11.5. The second-order valence-corrected chi connectivity index (χ2v) is 6.32. The molecule has 1 atom stereocenters. The van der Waals surface area contributed by atoms with Gasteiger partial charge in [-0.25, -0.2) is 0 Å². The summed E-state index contributed by atoms with van der Waals surface area (Å²) in [7, 11) is 4.87. The molecule has 2 heterocycles. The third-order valence-corrected chi connectivity index (χ3v) is 5.13. The Morgan fingerprint density at radius 1 is 1.12 bits per heavy atom. The molecule has 126 valence electrons. The average molecular weight is 346 g/mol. The molecule has 1 aromatic heterocycles. The second kappa shape index (κ2) is 6.24. The van der Waals surface area contributed by atoms with Gasteiger partial charge < -0.3 is 19.4 Å². The van der Waals surface area contributed by atoms with E-state index >= 15 is 0 Å². The molecule has 24 heavy (non-hydrogen) atoms. The molecule has 1 aromatic carbocycles. The molecule has 0 fully saturated rings. The third kappa shape index (κ3) is 2.45. The van der Waals surface area contributed by atoms with E-state index in [2.05, 4.69) is 4.98 Å². The van der Waals surface area contributed by atoms with Crippen molar-refractivity contribution in [2.24, 2.45) is 0 Å². The lowest BCUT2D eigenvalue weighted by Gasteiger charge is -2.20. The highest BCUT2D eigenvalue weighted by atomic mass is 32.2. The summed E-state index contributed by atoms with van der Waals surface area (Å²) in [5, 5.41) is -0.161. The zero-order valence-corrected chi connectivity index (χ0v) is 14.7. The number of H-pyrrole nitrogens is 1. The van der Waals surface area contributed by atoms with Crippen molar-refractivity contribution >= 4 is 17.7 Å². The normalized spacial score (nSPS) is 16.2. The maximum Gasteiger partial charge on any atom is 0.255 e. The Morgan fingerprint density at radius 2 is 1.88 bits per heavy atom. The van der Waals surface area contributed by atoms with Gasteiger partial charge >= 0.3 is 0 Å². The Kier molecular flexibility index (Phi) is 4.28. The summed E-state index contributed by atoms with van der Waals surface area (Å²) >= 11 is 1.54. The van der Waals surface area contributed by atoms with E-state index in [9.17, 15) is 9.59 Å². The van der Waals surface area contributed by atoms with Crippen LogP contribution in [-0.2, 0) is 0 Å². The molecule has 1 N–H and O–H groups in total. The quantitative estimate of drug-likeness (QED) is 0.921. The van der Waals surface area contributed by atoms with Gasteiger partial charge in [-0.05, 0) is 18.4 Å². The summed E-state index contributed by atoms with van der Waals surface area (Å²) < 4.78 is 10.7. The molecule has 0 saturated heterocycles. The zero-order chi connectivity index (χ0) is 17.4. The Bertz CT molecular complexity index is 862. The fraction of sp³-hybridized carbons (Fsp3) is 0.294. The van der Waals surface area contributed by atoms with Crippen LogP contribution in [0.5, 0.6) is 11.5 Å².